The molecule has 6 nitrogen and oxygen atoms in total. The zero-order valence-electron chi connectivity index (χ0n) is 12.0. The van der Waals surface area contributed by atoms with Crippen LogP contribution in [-0.2, 0) is 11.2 Å². The number of aromatic nitrogens is 2. The van der Waals surface area contributed by atoms with Crippen molar-refractivity contribution in [2.45, 2.75) is 44.8 Å². The summed E-state index contributed by atoms with van der Waals surface area (Å²) in [5.74, 6) is 0.135. The predicted octanol–water partition coefficient (Wildman–Crippen LogP) is 0.620. The number of aryl methyl sites for hydroxylation is 1. The maximum absolute atomic E-state index is 11.8. The minimum absolute atomic E-state index is 0.0795. The van der Waals surface area contributed by atoms with Gasteiger partial charge in [-0.3, -0.25) is 9.59 Å². The molecule has 1 aromatic rings. The van der Waals surface area contributed by atoms with Crippen molar-refractivity contribution in [1.82, 2.24) is 15.3 Å². The monoisotopic (exact) mass is 299 g/mol. The van der Waals surface area contributed by atoms with Crippen LogP contribution in [0.15, 0.2) is 9.95 Å². The Labute approximate surface area is 122 Å². The van der Waals surface area contributed by atoms with Crippen LogP contribution in [0.2, 0.25) is 0 Å². The predicted molar refractivity (Wildman–Crippen MR) is 79.0 cm³/mol. The van der Waals surface area contributed by atoms with E-state index in [1.807, 2.05) is 13.8 Å². The maximum atomic E-state index is 11.8. The van der Waals surface area contributed by atoms with E-state index in [0.29, 0.717) is 16.4 Å². The zero-order valence-corrected chi connectivity index (χ0v) is 12.8. The first-order valence-corrected chi connectivity index (χ1v) is 7.59. The molecule has 1 aromatic heterocycles. The number of H-pyrrole nitrogens is 1. The van der Waals surface area contributed by atoms with Crippen LogP contribution in [0.25, 0.3) is 0 Å². The Bertz CT molecular complexity index is 516. The number of carbonyl (C=O) groups is 1. The van der Waals surface area contributed by atoms with Crippen LogP contribution in [0.5, 0.6) is 0 Å². The van der Waals surface area contributed by atoms with E-state index in [1.165, 1.54) is 11.8 Å². The van der Waals surface area contributed by atoms with Crippen molar-refractivity contribution in [3.05, 3.63) is 21.6 Å². The minimum Gasteiger partial charge on any atom is -0.396 e. The number of rotatable bonds is 7. The van der Waals surface area contributed by atoms with Gasteiger partial charge in [0, 0.05) is 30.3 Å². The van der Waals surface area contributed by atoms with Crippen LogP contribution in [0.1, 0.15) is 31.5 Å². The van der Waals surface area contributed by atoms with Gasteiger partial charge >= 0.3 is 0 Å². The first-order valence-electron chi connectivity index (χ1n) is 6.60. The number of aromatic amines is 1. The van der Waals surface area contributed by atoms with Crippen LogP contribution < -0.4 is 10.9 Å². The number of amides is 1. The fourth-order valence-corrected chi connectivity index (χ4v) is 2.33. The molecule has 1 amide bonds. The summed E-state index contributed by atoms with van der Waals surface area (Å²) in [6.45, 7) is 5.58. The number of aliphatic hydroxyl groups is 1. The molecular weight excluding hydrogens is 278 g/mol. The highest BCUT2D eigenvalue weighted by Gasteiger charge is 2.10. The normalized spacial score (nSPS) is 12.2. The largest absolute Gasteiger partial charge is 0.396 e. The second-order valence-electron chi connectivity index (χ2n) is 4.57. The SMILES string of the molecule is CCC(C)NC(=O)CSc1nc(C)c(CCO)c(=O)[nH]1. The lowest BCUT2D eigenvalue weighted by Gasteiger charge is -2.11. The lowest BCUT2D eigenvalue weighted by Crippen LogP contribution is -2.33. The summed E-state index contributed by atoms with van der Waals surface area (Å²) in [7, 11) is 0. The lowest BCUT2D eigenvalue weighted by molar-refractivity contribution is -0.119. The molecule has 1 rings (SSSR count). The van der Waals surface area contributed by atoms with Gasteiger partial charge < -0.3 is 15.4 Å². The Hall–Kier alpha value is -1.34. The van der Waals surface area contributed by atoms with Crippen molar-refractivity contribution in [2.75, 3.05) is 12.4 Å². The molecule has 0 aliphatic heterocycles. The molecular formula is C13H21N3O3S. The van der Waals surface area contributed by atoms with E-state index in [4.69, 9.17) is 5.11 Å². The van der Waals surface area contributed by atoms with Crippen LogP contribution >= 0.6 is 11.8 Å². The molecule has 0 radical (unpaired) electrons. The quantitative estimate of drug-likeness (QED) is 0.507. The molecule has 1 atom stereocenters. The molecule has 0 aliphatic rings. The Morgan fingerprint density at radius 1 is 1.55 bits per heavy atom. The number of nitrogens with one attached hydrogen (secondary N) is 2. The molecule has 3 N–H and O–H groups in total. The second-order valence-corrected chi connectivity index (χ2v) is 5.54. The van der Waals surface area contributed by atoms with Gasteiger partial charge in [0.1, 0.15) is 0 Å². The van der Waals surface area contributed by atoms with E-state index in [-0.39, 0.29) is 36.3 Å². The molecule has 112 valence electrons. The summed E-state index contributed by atoms with van der Waals surface area (Å²) in [6, 6.07) is 0.142. The minimum atomic E-state index is -0.253. The molecule has 0 spiro atoms. The summed E-state index contributed by atoms with van der Waals surface area (Å²) in [4.78, 5) is 30.3. The zero-order chi connectivity index (χ0) is 15.1. The highest BCUT2D eigenvalue weighted by atomic mass is 32.2. The number of thioether (sulfide) groups is 1. The average Bonchev–Trinajstić information content (AvgIpc) is 2.40. The third kappa shape index (κ3) is 4.97. The fourth-order valence-electron chi connectivity index (χ4n) is 1.61. The Kier molecular flexibility index (Phi) is 6.74. The van der Waals surface area contributed by atoms with Crippen LogP contribution in [-0.4, -0.2) is 39.4 Å². The fraction of sp³-hybridized carbons (Fsp3) is 0.615. The first-order chi connectivity index (χ1) is 9.47. The molecule has 7 heteroatoms. The van der Waals surface area contributed by atoms with E-state index in [9.17, 15) is 9.59 Å². The Morgan fingerprint density at radius 3 is 2.80 bits per heavy atom. The number of nitrogens with zero attached hydrogens (tertiary/aromatic N) is 1. The summed E-state index contributed by atoms with van der Waals surface area (Å²) in [5, 5.41) is 12.2. The van der Waals surface area contributed by atoms with Gasteiger partial charge in [-0.2, -0.15) is 0 Å². The molecule has 20 heavy (non-hydrogen) atoms. The number of aliphatic hydroxyl groups excluding tert-OH is 1. The van der Waals surface area contributed by atoms with Crippen molar-refractivity contribution < 1.29 is 9.90 Å². The van der Waals surface area contributed by atoms with Gasteiger partial charge in [0.05, 0.1) is 5.75 Å². The number of hydrogen-bond donors (Lipinski definition) is 3. The molecule has 0 bridgehead atoms. The molecule has 0 aromatic carbocycles. The van der Waals surface area contributed by atoms with Crippen molar-refractivity contribution in [3.8, 4) is 0 Å². The average molecular weight is 299 g/mol. The van der Waals surface area contributed by atoms with Crippen molar-refractivity contribution in [1.29, 1.82) is 0 Å². The highest BCUT2D eigenvalue weighted by Crippen LogP contribution is 2.12. The van der Waals surface area contributed by atoms with Gasteiger partial charge in [-0.05, 0) is 20.3 Å². The Balaban J connectivity index is 2.66. The van der Waals surface area contributed by atoms with Gasteiger partial charge in [0.15, 0.2) is 5.16 Å². The van der Waals surface area contributed by atoms with E-state index < -0.39 is 0 Å². The maximum Gasteiger partial charge on any atom is 0.255 e. The smallest absolute Gasteiger partial charge is 0.255 e. The summed E-state index contributed by atoms with van der Waals surface area (Å²) in [6.07, 6.45) is 1.16. The lowest BCUT2D eigenvalue weighted by atomic mass is 10.2. The van der Waals surface area contributed by atoms with E-state index >= 15 is 0 Å². The molecule has 0 saturated carbocycles. The van der Waals surface area contributed by atoms with Gasteiger partial charge in [-0.1, -0.05) is 18.7 Å². The van der Waals surface area contributed by atoms with Gasteiger partial charge in [-0.15, -0.1) is 0 Å². The van der Waals surface area contributed by atoms with Crippen LogP contribution in [0.3, 0.4) is 0 Å². The number of carbonyl (C=O) groups excluding carboxylic acids is 1. The van der Waals surface area contributed by atoms with Gasteiger partial charge in [0.2, 0.25) is 5.91 Å². The molecule has 0 fully saturated rings. The second kappa shape index (κ2) is 8.06. The summed E-state index contributed by atoms with van der Waals surface area (Å²) < 4.78 is 0. The molecule has 0 saturated heterocycles. The molecule has 0 aliphatic carbocycles. The molecule has 1 unspecified atom stereocenters. The Morgan fingerprint density at radius 2 is 2.25 bits per heavy atom. The van der Waals surface area contributed by atoms with E-state index in [2.05, 4.69) is 15.3 Å². The third-order valence-electron chi connectivity index (χ3n) is 2.92. The third-order valence-corrected chi connectivity index (χ3v) is 3.80. The van der Waals surface area contributed by atoms with Crippen molar-refractivity contribution >= 4 is 17.7 Å². The van der Waals surface area contributed by atoms with Crippen molar-refractivity contribution in [3.63, 3.8) is 0 Å². The summed E-state index contributed by atoms with van der Waals surface area (Å²) >= 11 is 1.19. The molecule has 1 heterocycles. The standard InChI is InChI=1S/C13H21N3O3S/c1-4-8(2)14-11(18)7-20-13-15-9(3)10(5-6-17)12(19)16-13/h8,17H,4-7H2,1-3H3,(H,14,18)(H,15,16,19). The van der Waals surface area contributed by atoms with Crippen LogP contribution in [0.4, 0.5) is 0 Å². The summed E-state index contributed by atoms with van der Waals surface area (Å²) in [5.41, 5.74) is 0.824. The van der Waals surface area contributed by atoms with Crippen molar-refractivity contribution in [2.24, 2.45) is 0 Å². The van der Waals surface area contributed by atoms with E-state index in [0.717, 1.165) is 6.42 Å². The van der Waals surface area contributed by atoms with Gasteiger partial charge in [0.25, 0.3) is 5.56 Å². The number of hydrogen-bond acceptors (Lipinski definition) is 5. The van der Waals surface area contributed by atoms with Crippen LogP contribution in [0, 0.1) is 6.92 Å². The first kappa shape index (κ1) is 16.7. The van der Waals surface area contributed by atoms with E-state index in [1.54, 1.807) is 6.92 Å². The highest BCUT2D eigenvalue weighted by molar-refractivity contribution is 7.99. The van der Waals surface area contributed by atoms with Gasteiger partial charge in [-0.25, -0.2) is 4.98 Å². The topological polar surface area (TPSA) is 95.1 Å².